The van der Waals surface area contributed by atoms with Crippen LogP contribution in [0.5, 0.6) is 0 Å². The second-order valence-electron chi connectivity index (χ2n) is 5.90. The molecule has 0 aliphatic heterocycles. The fourth-order valence-corrected chi connectivity index (χ4v) is 3.30. The van der Waals surface area contributed by atoms with Gasteiger partial charge in [0.05, 0.1) is 11.1 Å². The smallest absolute Gasteiger partial charge is 0.323 e. The molecule has 23 heavy (non-hydrogen) atoms. The van der Waals surface area contributed by atoms with Gasteiger partial charge >= 0.3 is 5.97 Å². The summed E-state index contributed by atoms with van der Waals surface area (Å²) in [5.74, 6) is -1.17. The summed E-state index contributed by atoms with van der Waals surface area (Å²) in [4.78, 5) is 30.3. The first-order chi connectivity index (χ1) is 11.1. The van der Waals surface area contributed by atoms with Crippen molar-refractivity contribution in [3.63, 3.8) is 0 Å². The van der Waals surface area contributed by atoms with Crippen molar-refractivity contribution in [3.8, 4) is 0 Å². The highest BCUT2D eigenvalue weighted by molar-refractivity contribution is 6.08. The van der Waals surface area contributed by atoms with Crippen LogP contribution in [0.1, 0.15) is 41.4 Å². The lowest BCUT2D eigenvalue weighted by Gasteiger charge is -2.22. The quantitative estimate of drug-likeness (QED) is 0.921. The molecule has 0 saturated carbocycles. The van der Waals surface area contributed by atoms with Crippen molar-refractivity contribution >= 4 is 22.8 Å². The Labute approximate surface area is 134 Å². The molecule has 2 aromatic rings. The number of hydrogen-bond acceptors (Lipinski definition) is 3. The topological polar surface area (TPSA) is 70.5 Å². The average Bonchev–Trinajstić information content (AvgIpc) is 2.99. The van der Waals surface area contributed by atoms with Gasteiger partial charge in [0.25, 0.3) is 5.91 Å². The SMILES string of the molecule is CCCN(CC(=O)O)C(=O)c1c2c(nc3ccccc13)CCC2. The zero-order valence-corrected chi connectivity index (χ0v) is 13.2. The number of pyridine rings is 1. The molecule has 1 aromatic heterocycles. The summed E-state index contributed by atoms with van der Waals surface area (Å²) in [7, 11) is 0. The number of carbonyl (C=O) groups excluding carboxylic acids is 1. The number of aromatic nitrogens is 1. The maximum atomic E-state index is 13.1. The van der Waals surface area contributed by atoms with Crippen LogP contribution in [0.15, 0.2) is 24.3 Å². The van der Waals surface area contributed by atoms with Gasteiger partial charge in [-0.2, -0.15) is 0 Å². The summed E-state index contributed by atoms with van der Waals surface area (Å²) >= 11 is 0. The Hall–Kier alpha value is -2.43. The van der Waals surface area contributed by atoms with Crippen LogP contribution >= 0.6 is 0 Å². The Morgan fingerprint density at radius 3 is 2.78 bits per heavy atom. The number of para-hydroxylation sites is 1. The lowest BCUT2D eigenvalue weighted by Crippen LogP contribution is -2.37. The van der Waals surface area contributed by atoms with Crippen molar-refractivity contribution in [3.05, 3.63) is 41.1 Å². The number of hydrogen-bond donors (Lipinski definition) is 1. The van der Waals surface area contributed by atoms with E-state index in [0.717, 1.165) is 47.8 Å². The van der Waals surface area contributed by atoms with Crippen LogP contribution in [0.25, 0.3) is 10.9 Å². The number of carbonyl (C=O) groups is 2. The third-order valence-corrected chi connectivity index (χ3v) is 4.24. The van der Waals surface area contributed by atoms with E-state index in [9.17, 15) is 9.59 Å². The number of aryl methyl sites for hydroxylation is 1. The molecule has 5 heteroatoms. The molecule has 5 nitrogen and oxygen atoms in total. The molecule has 0 fully saturated rings. The molecule has 1 N–H and O–H groups in total. The second-order valence-corrected chi connectivity index (χ2v) is 5.90. The molecule has 120 valence electrons. The van der Waals surface area contributed by atoms with Gasteiger partial charge in [-0.15, -0.1) is 0 Å². The first-order valence-corrected chi connectivity index (χ1v) is 8.03. The molecule has 1 aliphatic carbocycles. The Bertz CT molecular complexity index is 770. The van der Waals surface area contributed by atoms with Crippen molar-refractivity contribution in [2.75, 3.05) is 13.1 Å². The number of carboxylic acid groups (broad SMARTS) is 1. The van der Waals surface area contributed by atoms with Crippen molar-refractivity contribution in [1.29, 1.82) is 0 Å². The van der Waals surface area contributed by atoms with Crippen LogP contribution in [0, 0.1) is 0 Å². The highest BCUT2D eigenvalue weighted by Gasteiger charge is 2.27. The van der Waals surface area contributed by atoms with Crippen molar-refractivity contribution in [1.82, 2.24) is 9.88 Å². The Morgan fingerprint density at radius 2 is 2.04 bits per heavy atom. The standard InChI is InChI=1S/C18H20N2O3/c1-2-10-20(11-16(21)22)18(23)17-12-6-3-4-8-14(12)19-15-9-5-7-13(15)17/h3-4,6,8H,2,5,7,9-11H2,1H3,(H,21,22). The van der Waals surface area contributed by atoms with Crippen LogP contribution < -0.4 is 0 Å². The largest absolute Gasteiger partial charge is 0.480 e. The molecule has 0 bridgehead atoms. The van der Waals surface area contributed by atoms with Gasteiger partial charge in [-0.25, -0.2) is 0 Å². The maximum Gasteiger partial charge on any atom is 0.323 e. The van der Waals surface area contributed by atoms with E-state index in [1.807, 2.05) is 31.2 Å². The second kappa shape index (κ2) is 6.36. The van der Waals surface area contributed by atoms with Gasteiger partial charge in [0.2, 0.25) is 0 Å². The minimum atomic E-state index is -0.984. The zero-order chi connectivity index (χ0) is 16.4. The van der Waals surface area contributed by atoms with Crippen LogP contribution in [0.2, 0.25) is 0 Å². The van der Waals surface area contributed by atoms with E-state index < -0.39 is 5.97 Å². The van der Waals surface area contributed by atoms with Crippen LogP contribution in [-0.4, -0.2) is 40.0 Å². The van der Waals surface area contributed by atoms with Crippen molar-refractivity contribution in [2.45, 2.75) is 32.6 Å². The molecular formula is C18H20N2O3. The molecule has 0 atom stereocenters. The van der Waals surface area contributed by atoms with Gasteiger partial charge in [-0.05, 0) is 37.3 Å². The van der Waals surface area contributed by atoms with Gasteiger partial charge in [0, 0.05) is 17.6 Å². The summed E-state index contributed by atoms with van der Waals surface area (Å²) in [5, 5.41) is 9.93. The minimum absolute atomic E-state index is 0.189. The first kappa shape index (κ1) is 15.5. The number of rotatable bonds is 5. The number of fused-ring (bicyclic) bond motifs is 2. The monoisotopic (exact) mass is 312 g/mol. The zero-order valence-electron chi connectivity index (χ0n) is 13.2. The Balaban J connectivity index is 2.13. The molecule has 0 saturated heterocycles. The number of nitrogens with zero attached hydrogens (tertiary/aromatic N) is 2. The van der Waals surface area contributed by atoms with Gasteiger partial charge in [0.1, 0.15) is 6.54 Å². The summed E-state index contributed by atoms with van der Waals surface area (Å²) in [6.07, 6.45) is 3.43. The fraction of sp³-hybridized carbons (Fsp3) is 0.389. The van der Waals surface area contributed by atoms with E-state index in [0.29, 0.717) is 12.1 Å². The van der Waals surface area contributed by atoms with Gasteiger partial charge in [-0.3, -0.25) is 14.6 Å². The highest BCUT2D eigenvalue weighted by Crippen LogP contribution is 2.30. The predicted molar refractivity (Wildman–Crippen MR) is 87.6 cm³/mol. The fourth-order valence-electron chi connectivity index (χ4n) is 3.30. The molecule has 0 spiro atoms. The molecule has 1 heterocycles. The summed E-state index contributed by atoms with van der Waals surface area (Å²) < 4.78 is 0. The molecule has 0 unspecified atom stereocenters. The molecule has 3 rings (SSSR count). The summed E-state index contributed by atoms with van der Waals surface area (Å²) in [6, 6.07) is 7.61. The lowest BCUT2D eigenvalue weighted by molar-refractivity contribution is -0.137. The van der Waals surface area contributed by atoms with E-state index in [1.54, 1.807) is 0 Å². The van der Waals surface area contributed by atoms with Crippen LogP contribution in [-0.2, 0) is 17.6 Å². The lowest BCUT2D eigenvalue weighted by atomic mass is 10.00. The summed E-state index contributed by atoms with van der Waals surface area (Å²) in [5.41, 5.74) is 3.44. The number of aliphatic carboxylic acids is 1. The third kappa shape index (κ3) is 2.91. The van der Waals surface area contributed by atoms with Crippen molar-refractivity contribution in [2.24, 2.45) is 0 Å². The molecule has 1 amide bonds. The number of amides is 1. The van der Waals surface area contributed by atoms with Crippen LogP contribution in [0.4, 0.5) is 0 Å². The number of carboxylic acids is 1. The average molecular weight is 312 g/mol. The van der Waals surface area contributed by atoms with Crippen molar-refractivity contribution < 1.29 is 14.7 Å². The van der Waals surface area contributed by atoms with E-state index in [1.165, 1.54) is 4.90 Å². The maximum absolute atomic E-state index is 13.1. The highest BCUT2D eigenvalue weighted by atomic mass is 16.4. The molecule has 1 aromatic carbocycles. The van der Waals surface area contributed by atoms with E-state index in [4.69, 9.17) is 5.11 Å². The Kier molecular flexibility index (Phi) is 4.28. The van der Waals surface area contributed by atoms with Gasteiger partial charge in [0.15, 0.2) is 0 Å². The predicted octanol–water partition coefficient (Wildman–Crippen LogP) is 2.66. The minimum Gasteiger partial charge on any atom is -0.480 e. The van der Waals surface area contributed by atoms with E-state index >= 15 is 0 Å². The van der Waals surface area contributed by atoms with Gasteiger partial charge < -0.3 is 10.0 Å². The van der Waals surface area contributed by atoms with Gasteiger partial charge in [-0.1, -0.05) is 25.1 Å². The van der Waals surface area contributed by atoms with Crippen LogP contribution in [0.3, 0.4) is 0 Å². The van der Waals surface area contributed by atoms with E-state index in [-0.39, 0.29) is 12.5 Å². The molecule has 0 radical (unpaired) electrons. The van der Waals surface area contributed by atoms with E-state index in [2.05, 4.69) is 4.98 Å². The number of benzene rings is 1. The summed E-state index contributed by atoms with van der Waals surface area (Å²) in [6.45, 7) is 2.12. The first-order valence-electron chi connectivity index (χ1n) is 8.03. The third-order valence-electron chi connectivity index (χ3n) is 4.24. The normalized spacial score (nSPS) is 13.1. The Morgan fingerprint density at radius 1 is 1.26 bits per heavy atom. The molecule has 1 aliphatic rings. The molecular weight excluding hydrogens is 292 g/mol.